The Balaban J connectivity index is 1.92. The second-order valence-corrected chi connectivity index (χ2v) is 5.28. The number of benzene rings is 1. The Morgan fingerprint density at radius 3 is 3.00 bits per heavy atom. The van der Waals surface area contributed by atoms with Crippen LogP contribution in [0.25, 0.3) is 0 Å². The van der Waals surface area contributed by atoms with Gasteiger partial charge in [-0.3, -0.25) is 9.48 Å². The lowest BCUT2D eigenvalue weighted by atomic mass is 10.1. The number of aryl methyl sites for hydroxylation is 3. The van der Waals surface area contributed by atoms with Crippen LogP contribution < -0.4 is 11.1 Å². The van der Waals surface area contributed by atoms with Crippen molar-refractivity contribution in [3.8, 4) is 0 Å². The number of amides is 1. The van der Waals surface area contributed by atoms with Crippen molar-refractivity contribution in [1.82, 2.24) is 9.78 Å². The highest BCUT2D eigenvalue weighted by Gasteiger charge is 2.22. The number of carbonyl (C=O) groups excluding carboxylic acids is 1. The largest absolute Gasteiger partial charge is 0.399 e. The fraction of sp³-hybridized carbons (Fsp3) is 0.333. The molecule has 0 spiro atoms. The van der Waals surface area contributed by atoms with Crippen LogP contribution in [-0.4, -0.2) is 15.7 Å². The topological polar surface area (TPSA) is 72.9 Å². The molecular formula is C15H18N4O. The van der Waals surface area contributed by atoms with E-state index in [0.717, 1.165) is 36.3 Å². The summed E-state index contributed by atoms with van der Waals surface area (Å²) in [6.07, 6.45) is 3.09. The number of aromatic nitrogens is 2. The van der Waals surface area contributed by atoms with E-state index in [9.17, 15) is 4.79 Å². The van der Waals surface area contributed by atoms with Crippen molar-refractivity contribution in [2.45, 2.75) is 26.2 Å². The molecule has 2 aromatic rings. The molecule has 3 rings (SSSR count). The number of hydrogen-bond acceptors (Lipinski definition) is 3. The zero-order chi connectivity index (χ0) is 14.3. The third kappa shape index (κ3) is 2.05. The Morgan fingerprint density at radius 2 is 2.20 bits per heavy atom. The molecule has 5 nitrogen and oxygen atoms in total. The van der Waals surface area contributed by atoms with Crippen molar-refractivity contribution < 1.29 is 4.79 Å². The number of rotatable bonds is 2. The van der Waals surface area contributed by atoms with Crippen LogP contribution in [0.4, 0.5) is 11.5 Å². The smallest absolute Gasteiger partial charge is 0.257 e. The van der Waals surface area contributed by atoms with Crippen LogP contribution in [0.3, 0.4) is 0 Å². The van der Waals surface area contributed by atoms with E-state index in [-0.39, 0.29) is 5.91 Å². The van der Waals surface area contributed by atoms with E-state index in [2.05, 4.69) is 10.4 Å². The van der Waals surface area contributed by atoms with Crippen LogP contribution in [0, 0.1) is 6.92 Å². The van der Waals surface area contributed by atoms with E-state index in [1.54, 1.807) is 16.8 Å². The predicted molar refractivity (Wildman–Crippen MR) is 78.8 cm³/mol. The number of hydrogen-bond donors (Lipinski definition) is 2. The van der Waals surface area contributed by atoms with Gasteiger partial charge in [-0.2, -0.15) is 5.10 Å². The zero-order valence-corrected chi connectivity index (χ0v) is 11.7. The molecule has 20 heavy (non-hydrogen) atoms. The molecular weight excluding hydrogens is 252 g/mol. The summed E-state index contributed by atoms with van der Waals surface area (Å²) in [5.41, 5.74) is 10.1. The van der Waals surface area contributed by atoms with Crippen molar-refractivity contribution in [2.75, 3.05) is 11.1 Å². The van der Waals surface area contributed by atoms with Crippen molar-refractivity contribution in [3.63, 3.8) is 0 Å². The third-order valence-electron chi connectivity index (χ3n) is 3.81. The maximum atomic E-state index is 12.4. The standard InChI is InChI=1S/C15H18N4O/c1-9-6-7-10(16)8-12(9)15(20)17-14-11-4-3-5-13(11)18-19(14)2/h6-8H,3-5,16H2,1-2H3,(H,17,20). The molecule has 5 heteroatoms. The number of nitrogen functional groups attached to an aromatic ring is 1. The Bertz CT molecular complexity index is 687. The highest BCUT2D eigenvalue weighted by atomic mass is 16.1. The fourth-order valence-electron chi connectivity index (χ4n) is 2.74. The number of nitrogens with two attached hydrogens (primary N) is 1. The quantitative estimate of drug-likeness (QED) is 0.820. The Kier molecular flexibility index (Phi) is 2.97. The summed E-state index contributed by atoms with van der Waals surface area (Å²) < 4.78 is 1.75. The van der Waals surface area contributed by atoms with E-state index in [1.807, 2.05) is 20.0 Å². The lowest BCUT2D eigenvalue weighted by Crippen LogP contribution is -2.17. The molecule has 0 saturated carbocycles. The van der Waals surface area contributed by atoms with Gasteiger partial charge < -0.3 is 11.1 Å². The summed E-state index contributed by atoms with van der Waals surface area (Å²) in [6, 6.07) is 5.37. The average Bonchev–Trinajstić information content (AvgIpc) is 2.96. The van der Waals surface area contributed by atoms with Gasteiger partial charge in [-0.05, 0) is 43.9 Å². The van der Waals surface area contributed by atoms with Gasteiger partial charge in [-0.15, -0.1) is 0 Å². The summed E-state index contributed by atoms with van der Waals surface area (Å²) in [5.74, 6) is 0.678. The van der Waals surface area contributed by atoms with E-state index in [1.165, 1.54) is 5.56 Å². The molecule has 3 N–H and O–H groups in total. The van der Waals surface area contributed by atoms with Gasteiger partial charge in [0.2, 0.25) is 0 Å². The average molecular weight is 270 g/mol. The summed E-state index contributed by atoms with van der Waals surface area (Å²) in [5, 5.41) is 7.44. The minimum atomic E-state index is -0.132. The summed E-state index contributed by atoms with van der Waals surface area (Å²) >= 11 is 0. The van der Waals surface area contributed by atoms with Crippen molar-refractivity contribution in [2.24, 2.45) is 7.05 Å². The second kappa shape index (κ2) is 4.67. The summed E-state index contributed by atoms with van der Waals surface area (Å²) in [6.45, 7) is 1.90. The van der Waals surface area contributed by atoms with Crippen LogP contribution >= 0.6 is 0 Å². The molecule has 1 aromatic heterocycles. The molecule has 0 radical (unpaired) electrons. The van der Waals surface area contributed by atoms with Gasteiger partial charge in [-0.1, -0.05) is 6.07 Å². The van der Waals surface area contributed by atoms with Gasteiger partial charge in [0.1, 0.15) is 5.82 Å². The summed E-state index contributed by atoms with van der Waals surface area (Å²) in [4.78, 5) is 12.4. The Morgan fingerprint density at radius 1 is 1.40 bits per heavy atom. The molecule has 1 heterocycles. The molecule has 1 amide bonds. The fourth-order valence-corrected chi connectivity index (χ4v) is 2.74. The number of carbonyl (C=O) groups is 1. The summed E-state index contributed by atoms with van der Waals surface area (Å²) in [7, 11) is 1.86. The molecule has 0 saturated heterocycles. The highest BCUT2D eigenvalue weighted by Crippen LogP contribution is 2.28. The SMILES string of the molecule is Cc1ccc(N)cc1C(=O)Nc1c2c(nn1C)CCC2. The number of nitrogens with zero attached hydrogens (tertiary/aromatic N) is 2. The van der Waals surface area contributed by atoms with Crippen LogP contribution in [0.5, 0.6) is 0 Å². The van der Waals surface area contributed by atoms with E-state index in [0.29, 0.717) is 11.3 Å². The normalized spacial score (nSPS) is 13.3. The van der Waals surface area contributed by atoms with Crippen LogP contribution in [0.2, 0.25) is 0 Å². The predicted octanol–water partition coefficient (Wildman–Crippen LogP) is 2.05. The van der Waals surface area contributed by atoms with Gasteiger partial charge in [-0.25, -0.2) is 0 Å². The van der Waals surface area contributed by atoms with Gasteiger partial charge in [0, 0.05) is 23.9 Å². The van der Waals surface area contributed by atoms with Gasteiger partial charge >= 0.3 is 0 Å². The molecule has 0 unspecified atom stereocenters. The lowest BCUT2D eigenvalue weighted by molar-refractivity contribution is 0.102. The lowest BCUT2D eigenvalue weighted by Gasteiger charge is -2.10. The molecule has 104 valence electrons. The number of anilines is 2. The number of fused-ring (bicyclic) bond motifs is 1. The molecule has 1 aliphatic carbocycles. The van der Waals surface area contributed by atoms with Gasteiger partial charge in [0.15, 0.2) is 0 Å². The zero-order valence-electron chi connectivity index (χ0n) is 11.7. The molecule has 1 aliphatic rings. The third-order valence-corrected chi connectivity index (χ3v) is 3.81. The van der Waals surface area contributed by atoms with Crippen molar-refractivity contribution >= 4 is 17.4 Å². The maximum absolute atomic E-state index is 12.4. The first-order valence-electron chi connectivity index (χ1n) is 6.78. The monoisotopic (exact) mass is 270 g/mol. The highest BCUT2D eigenvalue weighted by molar-refractivity contribution is 6.05. The minimum Gasteiger partial charge on any atom is -0.399 e. The molecule has 0 fully saturated rings. The first-order chi connectivity index (χ1) is 9.56. The first kappa shape index (κ1) is 12.7. The van der Waals surface area contributed by atoms with Crippen molar-refractivity contribution in [3.05, 3.63) is 40.6 Å². The number of nitrogens with one attached hydrogen (secondary N) is 1. The Hall–Kier alpha value is -2.30. The first-order valence-corrected chi connectivity index (χ1v) is 6.78. The molecule has 0 bridgehead atoms. The van der Waals surface area contributed by atoms with Crippen LogP contribution in [-0.2, 0) is 19.9 Å². The van der Waals surface area contributed by atoms with Crippen LogP contribution in [0.15, 0.2) is 18.2 Å². The maximum Gasteiger partial charge on any atom is 0.257 e. The van der Waals surface area contributed by atoms with E-state index < -0.39 is 0 Å². The van der Waals surface area contributed by atoms with E-state index >= 15 is 0 Å². The second-order valence-electron chi connectivity index (χ2n) is 5.28. The van der Waals surface area contributed by atoms with Gasteiger partial charge in [0.05, 0.1) is 5.69 Å². The van der Waals surface area contributed by atoms with E-state index in [4.69, 9.17) is 5.73 Å². The minimum absolute atomic E-state index is 0.132. The molecule has 0 atom stereocenters. The van der Waals surface area contributed by atoms with Gasteiger partial charge in [0.25, 0.3) is 5.91 Å². The molecule has 1 aromatic carbocycles. The van der Waals surface area contributed by atoms with Crippen LogP contribution in [0.1, 0.15) is 33.6 Å². The Labute approximate surface area is 117 Å². The van der Waals surface area contributed by atoms with Crippen molar-refractivity contribution in [1.29, 1.82) is 0 Å². The molecule has 0 aliphatic heterocycles.